The average molecular weight is 441 g/mol. The van der Waals surface area contributed by atoms with Crippen LogP contribution in [0, 0.1) is 13.8 Å². The molecular weight excluding hydrogens is 420 g/mol. The molecule has 1 fully saturated rings. The van der Waals surface area contributed by atoms with E-state index in [4.69, 9.17) is 4.42 Å². The van der Waals surface area contributed by atoms with Crippen LogP contribution in [0.15, 0.2) is 45.3 Å². The molecule has 1 N–H and O–H groups in total. The molecule has 1 aromatic heterocycles. The molecule has 0 radical (unpaired) electrons. The number of benzene rings is 2. The first-order valence-corrected chi connectivity index (χ1v) is 10.1. The average Bonchev–Trinajstić information content (AvgIpc) is 3.32. The van der Waals surface area contributed by atoms with E-state index in [1.54, 1.807) is 6.07 Å². The number of anilines is 1. The SMILES string of the molecule is Cc1c(NC(=O)c2oc3ccc(Br)cc3c2C)cccc1C(=O)N1CCCC1. The van der Waals surface area contributed by atoms with Crippen LogP contribution in [0.5, 0.6) is 0 Å². The van der Waals surface area contributed by atoms with Gasteiger partial charge in [-0.15, -0.1) is 0 Å². The zero-order valence-electron chi connectivity index (χ0n) is 15.8. The van der Waals surface area contributed by atoms with Crippen molar-refractivity contribution < 1.29 is 14.0 Å². The topological polar surface area (TPSA) is 62.6 Å². The van der Waals surface area contributed by atoms with Crippen molar-refractivity contribution >= 4 is 44.4 Å². The van der Waals surface area contributed by atoms with Crippen molar-refractivity contribution in [3.63, 3.8) is 0 Å². The fourth-order valence-electron chi connectivity index (χ4n) is 3.68. The Morgan fingerprint density at radius 3 is 2.57 bits per heavy atom. The summed E-state index contributed by atoms with van der Waals surface area (Å²) in [5.74, 6) is -0.0154. The number of nitrogens with one attached hydrogen (secondary N) is 1. The number of carbonyl (C=O) groups is 2. The van der Waals surface area contributed by atoms with Crippen LogP contribution in [0.2, 0.25) is 0 Å². The number of amides is 2. The molecule has 1 aliphatic heterocycles. The van der Waals surface area contributed by atoms with Crippen molar-refractivity contribution in [2.75, 3.05) is 18.4 Å². The third kappa shape index (κ3) is 3.33. The summed E-state index contributed by atoms with van der Waals surface area (Å²) in [5, 5.41) is 3.81. The predicted octanol–water partition coefficient (Wildman–Crippen LogP) is 5.30. The van der Waals surface area contributed by atoms with E-state index < -0.39 is 0 Å². The highest BCUT2D eigenvalue weighted by atomic mass is 79.9. The van der Waals surface area contributed by atoms with Crippen LogP contribution < -0.4 is 5.32 Å². The van der Waals surface area contributed by atoms with Gasteiger partial charge in [-0.05, 0) is 62.6 Å². The molecule has 6 heteroatoms. The van der Waals surface area contributed by atoms with Gasteiger partial charge in [0.05, 0.1) is 0 Å². The second-order valence-corrected chi connectivity index (χ2v) is 8.04. The van der Waals surface area contributed by atoms with Crippen LogP contribution in [-0.2, 0) is 0 Å². The van der Waals surface area contributed by atoms with E-state index in [0.717, 1.165) is 46.9 Å². The fraction of sp³-hybridized carbons (Fsp3) is 0.273. The van der Waals surface area contributed by atoms with E-state index in [-0.39, 0.29) is 17.6 Å². The lowest BCUT2D eigenvalue weighted by molar-refractivity contribution is 0.0791. The van der Waals surface area contributed by atoms with Crippen LogP contribution >= 0.6 is 15.9 Å². The second-order valence-electron chi connectivity index (χ2n) is 7.13. The van der Waals surface area contributed by atoms with E-state index in [9.17, 15) is 9.59 Å². The molecule has 2 aromatic carbocycles. The molecule has 3 aromatic rings. The number of likely N-dealkylation sites (tertiary alicyclic amines) is 1. The van der Waals surface area contributed by atoms with E-state index in [2.05, 4.69) is 21.2 Å². The van der Waals surface area contributed by atoms with Crippen molar-refractivity contribution in [1.29, 1.82) is 0 Å². The number of rotatable bonds is 3. The lowest BCUT2D eigenvalue weighted by atomic mass is 10.1. The zero-order valence-corrected chi connectivity index (χ0v) is 17.4. The third-order valence-electron chi connectivity index (χ3n) is 5.31. The summed E-state index contributed by atoms with van der Waals surface area (Å²) in [4.78, 5) is 27.5. The molecule has 0 aliphatic carbocycles. The maximum absolute atomic E-state index is 12.9. The Morgan fingerprint density at radius 1 is 1.07 bits per heavy atom. The van der Waals surface area contributed by atoms with E-state index >= 15 is 0 Å². The second kappa shape index (κ2) is 7.43. The first-order valence-electron chi connectivity index (χ1n) is 9.34. The van der Waals surface area contributed by atoms with Gasteiger partial charge in [-0.3, -0.25) is 9.59 Å². The Hall–Kier alpha value is -2.60. The van der Waals surface area contributed by atoms with Gasteiger partial charge in [0.15, 0.2) is 5.76 Å². The quantitative estimate of drug-likeness (QED) is 0.600. The maximum atomic E-state index is 12.9. The number of aryl methyl sites for hydroxylation is 1. The molecule has 5 nitrogen and oxygen atoms in total. The molecule has 1 aliphatic rings. The number of fused-ring (bicyclic) bond motifs is 1. The summed E-state index contributed by atoms with van der Waals surface area (Å²) >= 11 is 3.45. The van der Waals surface area contributed by atoms with Gasteiger partial charge in [0.1, 0.15) is 5.58 Å². The van der Waals surface area contributed by atoms with Gasteiger partial charge in [0.2, 0.25) is 0 Å². The highest BCUT2D eigenvalue weighted by molar-refractivity contribution is 9.10. The van der Waals surface area contributed by atoms with Gasteiger partial charge in [-0.1, -0.05) is 22.0 Å². The smallest absolute Gasteiger partial charge is 0.291 e. The number of furan rings is 1. The highest BCUT2D eigenvalue weighted by Crippen LogP contribution is 2.29. The zero-order chi connectivity index (χ0) is 19.8. The number of carbonyl (C=O) groups excluding carboxylic acids is 2. The van der Waals surface area contributed by atoms with Crippen LogP contribution in [-0.4, -0.2) is 29.8 Å². The van der Waals surface area contributed by atoms with E-state index in [1.807, 2.05) is 49.1 Å². The Morgan fingerprint density at radius 2 is 1.82 bits per heavy atom. The minimum absolute atomic E-state index is 0.0240. The molecular formula is C22H21BrN2O3. The number of nitrogens with zero attached hydrogens (tertiary/aromatic N) is 1. The summed E-state index contributed by atoms with van der Waals surface area (Å²) in [6, 6.07) is 11.1. The molecule has 0 spiro atoms. The molecule has 0 atom stereocenters. The minimum Gasteiger partial charge on any atom is -0.451 e. The fourth-order valence-corrected chi connectivity index (χ4v) is 4.04. The molecule has 0 saturated carbocycles. The summed E-state index contributed by atoms with van der Waals surface area (Å²) in [7, 11) is 0. The molecule has 2 heterocycles. The summed E-state index contributed by atoms with van der Waals surface area (Å²) in [6.07, 6.45) is 2.09. The number of halogens is 1. The number of hydrogen-bond donors (Lipinski definition) is 1. The predicted molar refractivity (Wildman–Crippen MR) is 113 cm³/mol. The number of hydrogen-bond acceptors (Lipinski definition) is 3. The van der Waals surface area contributed by atoms with E-state index in [1.165, 1.54) is 0 Å². The Balaban J connectivity index is 1.62. The Kier molecular flexibility index (Phi) is 4.98. The molecule has 0 unspecified atom stereocenters. The molecule has 28 heavy (non-hydrogen) atoms. The Labute approximate surface area is 171 Å². The first-order chi connectivity index (χ1) is 13.5. The monoisotopic (exact) mass is 440 g/mol. The maximum Gasteiger partial charge on any atom is 0.291 e. The standard InChI is InChI=1S/C22H21BrN2O3/c1-13-16(22(27)25-10-3-4-11-25)6-5-7-18(13)24-21(26)20-14(2)17-12-15(23)8-9-19(17)28-20/h5-9,12H,3-4,10-11H2,1-2H3,(H,24,26). The lowest BCUT2D eigenvalue weighted by Gasteiger charge is -2.18. The van der Waals surface area contributed by atoms with Gasteiger partial charge < -0.3 is 14.6 Å². The van der Waals surface area contributed by atoms with Gasteiger partial charge in [0, 0.05) is 39.8 Å². The van der Waals surface area contributed by atoms with Gasteiger partial charge in [-0.2, -0.15) is 0 Å². The molecule has 144 valence electrons. The third-order valence-corrected chi connectivity index (χ3v) is 5.80. The van der Waals surface area contributed by atoms with Crippen LogP contribution in [0.1, 0.15) is 44.9 Å². The highest BCUT2D eigenvalue weighted by Gasteiger charge is 2.23. The van der Waals surface area contributed by atoms with Crippen molar-refractivity contribution in [3.8, 4) is 0 Å². The molecule has 0 bridgehead atoms. The minimum atomic E-state index is -0.321. The van der Waals surface area contributed by atoms with Crippen molar-refractivity contribution in [2.24, 2.45) is 0 Å². The molecule has 4 rings (SSSR count). The van der Waals surface area contributed by atoms with Gasteiger partial charge in [0.25, 0.3) is 11.8 Å². The van der Waals surface area contributed by atoms with Crippen molar-refractivity contribution in [3.05, 3.63) is 63.3 Å². The summed E-state index contributed by atoms with van der Waals surface area (Å²) in [5.41, 5.74) is 3.47. The summed E-state index contributed by atoms with van der Waals surface area (Å²) < 4.78 is 6.71. The van der Waals surface area contributed by atoms with Crippen LogP contribution in [0.3, 0.4) is 0 Å². The van der Waals surface area contributed by atoms with Gasteiger partial charge >= 0.3 is 0 Å². The Bertz CT molecular complexity index is 1080. The van der Waals surface area contributed by atoms with E-state index in [0.29, 0.717) is 16.8 Å². The summed E-state index contributed by atoms with van der Waals surface area (Å²) in [6.45, 7) is 5.32. The normalized spacial score (nSPS) is 13.9. The largest absolute Gasteiger partial charge is 0.451 e. The van der Waals surface area contributed by atoms with Crippen molar-refractivity contribution in [1.82, 2.24) is 4.90 Å². The van der Waals surface area contributed by atoms with Crippen molar-refractivity contribution in [2.45, 2.75) is 26.7 Å². The van der Waals surface area contributed by atoms with Gasteiger partial charge in [-0.25, -0.2) is 0 Å². The molecule has 1 saturated heterocycles. The lowest BCUT2D eigenvalue weighted by Crippen LogP contribution is -2.28. The van der Waals surface area contributed by atoms with Crippen LogP contribution in [0.4, 0.5) is 5.69 Å². The van der Waals surface area contributed by atoms with Crippen LogP contribution in [0.25, 0.3) is 11.0 Å². The molecule has 2 amide bonds. The first kappa shape index (κ1) is 18.7.